The van der Waals surface area contributed by atoms with Crippen LogP contribution >= 0.6 is 0 Å². The molecule has 0 fully saturated rings. The van der Waals surface area contributed by atoms with E-state index in [0.29, 0.717) is 0 Å². The summed E-state index contributed by atoms with van der Waals surface area (Å²) >= 11 is 0. The zero-order valence-corrected chi connectivity index (χ0v) is 15.7. The lowest BCUT2D eigenvalue weighted by Gasteiger charge is -2.09. The number of alkyl halides is 4. The summed E-state index contributed by atoms with van der Waals surface area (Å²) in [4.78, 5) is 24.6. The molecule has 3 rings (SSSR count). The van der Waals surface area contributed by atoms with Crippen LogP contribution in [0, 0.1) is 0 Å². The Morgan fingerprint density at radius 1 is 0.767 bits per heavy atom. The molecular weight excluding hydrogens is 408 g/mol. The van der Waals surface area contributed by atoms with Crippen LogP contribution in [0.1, 0.15) is 45.0 Å². The first kappa shape index (κ1) is 21.0. The molecule has 12 heteroatoms. The molecule has 2 aromatic heterocycles. The first-order valence-electron chi connectivity index (χ1n) is 8.52. The van der Waals surface area contributed by atoms with Gasteiger partial charge < -0.3 is 10.6 Å². The summed E-state index contributed by atoms with van der Waals surface area (Å²) in [7, 11) is 2.65. The van der Waals surface area contributed by atoms with Gasteiger partial charge in [-0.3, -0.25) is 19.0 Å². The number of nitrogens with one attached hydrogen (secondary N) is 2. The molecule has 30 heavy (non-hydrogen) atoms. The number of benzene rings is 1. The second kappa shape index (κ2) is 8.35. The van der Waals surface area contributed by atoms with Gasteiger partial charge in [-0.2, -0.15) is 10.2 Å². The van der Waals surface area contributed by atoms with E-state index >= 15 is 0 Å². The Bertz CT molecular complexity index is 990. The summed E-state index contributed by atoms with van der Waals surface area (Å²) < 4.78 is 54.2. The van der Waals surface area contributed by atoms with Gasteiger partial charge in [0.05, 0.1) is 23.8 Å². The normalized spacial score (nSPS) is 11.2. The third kappa shape index (κ3) is 4.16. The minimum Gasteiger partial charge on any atom is -0.319 e. The minimum atomic E-state index is -2.83. The van der Waals surface area contributed by atoms with Crippen molar-refractivity contribution in [2.24, 2.45) is 14.1 Å². The molecule has 0 bridgehead atoms. The second-order valence-electron chi connectivity index (χ2n) is 6.22. The van der Waals surface area contributed by atoms with Crippen molar-refractivity contribution >= 4 is 23.2 Å². The summed E-state index contributed by atoms with van der Waals surface area (Å²) in [5.74, 6) is -1.35. The van der Waals surface area contributed by atoms with Crippen LogP contribution in [0.2, 0.25) is 0 Å². The molecule has 2 N–H and O–H groups in total. The van der Waals surface area contributed by atoms with Crippen LogP contribution < -0.4 is 10.6 Å². The fourth-order valence-corrected chi connectivity index (χ4v) is 2.77. The molecule has 0 aliphatic heterocycles. The summed E-state index contributed by atoms with van der Waals surface area (Å²) in [5.41, 5.74) is -0.933. The van der Waals surface area contributed by atoms with E-state index in [2.05, 4.69) is 20.8 Å². The number of hydrogen-bond donors (Lipinski definition) is 2. The summed E-state index contributed by atoms with van der Waals surface area (Å²) in [6, 6.07) is 5.22. The molecule has 0 unspecified atom stereocenters. The van der Waals surface area contributed by atoms with Crippen molar-refractivity contribution in [2.75, 3.05) is 10.6 Å². The zero-order chi connectivity index (χ0) is 22.0. The maximum atomic E-state index is 13.1. The standard InChI is InChI=1S/C18H16F4N6O2/c1-27-13(15(19)20)11(7-23-27)25-17(29)9-3-5-10(6-4-9)18(30)26-12-8-24-28(2)14(12)16(21)22/h3-8,15-16H,1-2H3,(H,25,29)(H,26,30). The smallest absolute Gasteiger partial charge is 0.282 e. The lowest BCUT2D eigenvalue weighted by atomic mass is 10.1. The van der Waals surface area contributed by atoms with Gasteiger partial charge in [0.15, 0.2) is 0 Å². The largest absolute Gasteiger partial charge is 0.319 e. The molecule has 0 saturated carbocycles. The number of carbonyl (C=O) groups is 2. The summed E-state index contributed by atoms with van der Waals surface area (Å²) in [5, 5.41) is 12.1. The molecule has 0 radical (unpaired) electrons. The number of carbonyl (C=O) groups excluding carboxylic acids is 2. The molecule has 0 spiro atoms. The first-order valence-corrected chi connectivity index (χ1v) is 8.52. The molecule has 2 heterocycles. The maximum absolute atomic E-state index is 13.1. The SMILES string of the molecule is Cn1ncc(NC(=O)c2ccc(C(=O)Nc3cnn(C)c3C(F)F)cc2)c1C(F)F. The number of amides is 2. The molecular formula is C18H16F4N6O2. The number of nitrogens with zero attached hydrogens (tertiary/aromatic N) is 4. The Labute approximate surface area is 167 Å². The van der Waals surface area contributed by atoms with Gasteiger partial charge in [-0.1, -0.05) is 0 Å². The lowest BCUT2D eigenvalue weighted by Crippen LogP contribution is -2.15. The highest BCUT2D eigenvalue weighted by molar-refractivity contribution is 6.07. The van der Waals surface area contributed by atoms with E-state index in [1.165, 1.54) is 38.4 Å². The van der Waals surface area contributed by atoms with Crippen LogP contribution in [0.25, 0.3) is 0 Å². The monoisotopic (exact) mass is 424 g/mol. The molecule has 8 nitrogen and oxygen atoms in total. The molecule has 3 aromatic rings. The Hall–Kier alpha value is -3.70. The van der Waals surface area contributed by atoms with E-state index in [-0.39, 0.29) is 22.5 Å². The molecule has 158 valence electrons. The predicted octanol–water partition coefficient (Wildman–Crippen LogP) is 3.53. The fourth-order valence-electron chi connectivity index (χ4n) is 2.77. The molecule has 0 atom stereocenters. The molecule has 0 aliphatic rings. The van der Waals surface area contributed by atoms with Crippen LogP contribution in [0.15, 0.2) is 36.7 Å². The Morgan fingerprint density at radius 3 is 1.40 bits per heavy atom. The molecule has 0 aliphatic carbocycles. The highest BCUT2D eigenvalue weighted by Crippen LogP contribution is 2.27. The second-order valence-corrected chi connectivity index (χ2v) is 6.22. The highest BCUT2D eigenvalue weighted by Gasteiger charge is 2.22. The Morgan fingerprint density at radius 2 is 1.10 bits per heavy atom. The van der Waals surface area contributed by atoms with E-state index in [1.54, 1.807) is 0 Å². The van der Waals surface area contributed by atoms with Gasteiger partial charge in [0.2, 0.25) is 0 Å². The van der Waals surface area contributed by atoms with Crippen molar-refractivity contribution in [1.29, 1.82) is 0 Å². The van der Waals surface area contributed by atoms with E-state index in [9.17, 15) is 27.2 Å². The van der Waals surface area contributed by atoms with Crippen LogP contribution in [0.4, 0.5) is 28.9 Å². The lowest BCUT2D eigenvalue weighted by molar-refractivity contribution is 0.101. The van der Waals surface area contributed by atoms with Gasteiger partial charge >= 0.3 is 0 Å². The van der Waals surface area contributed by atoms with Crippen molar-refractivity contribution in [3.8, 4) is 0 Å². The van der Waals surface area contributed by atoms with E-state index in [4.69, 9.17) is 0 Å². The number of rotatable bonds is 6. The Kier molecular flexibility index (Phi) is 5.85. The quantitative estimate of drug-likeness (QED) is 0.592. The average molecular weight is 424 g/mol. The molecule has 1 aromatic carbocycles. The van der Waals surface area contributed by atoms with Crippen molar-refractivity contribution in [1.82, 2.24) is 19.6 Å². The minimum absolute atomic E-state index is 0.102. The van der Waals surface area contributed by atoms with Crippen LogP contribution in [-0.4, -0.2) is 31.4 Å². The summed E-state index contributed by atoms with van der Waals surface area (Å²) in [6.07, 6.45) is -3.44. The maximum Gasteiger partial charge on any atom is 0.282 e. The average Bonchev–Trinajstić information content (AvgIpc) is 3.24. The highest BCUT2D eigenvalue weighted by atomic mass is 19.3. The van der Waals surface area contributed by atoms with Gasteiger partial charge in [-0.25, -0.2) is 17.6 Å². The number of halogens is 4. The Balaban J connectivity index is 1.72. The van der Waals surface area contributed by atoms with Crippen LogP contribution in [-0.2, 0) is 14.1 Å². The van der Waals surface area contributed by atoms with Gasteiger partial charge in [0, 0.05) is 25.2 Å². The summed E-state index contributed by atoms with van der Waals surface area (Å²) in [6.45, 7) is 0. The fraction of sp³-hybridized carbons (Fsp3) is 0.222. The van der Waals surface area contributed by atoms with E-state index < -0.39 is 36.1 Å². The molecule has 0 saturated heterocycles. The third-order valence-corrected chi connectivity index (χ3v) is 4.29. The van der Waals surface area contributed by atoms with E-state index in [1.807, 2.05) is 0 Å². The topological polar surface area (TPSA) is 93.8 Å². The van der Waals surface area contributed by atoms with Crippen molar-refractivity contribution in [3.63, 3.8) is 0 Å². The van der Waals surface area contributed by atoms with Gasteiger partial charge in [-0.15, -0.1) is 0 Å². The van der Waals surface area contributed by atoms with Crippen molar-refractivity contribution in [3.05, 3.63) is 59.2 Å². The van der Waals surface area contributed by atoms with Crippen LogP contribution in [0.3, 0.4) is 0 Å². The zero-order valence-electron chi connectivity index (χ0n) is 15.7. The number of anilines is 2. The van der Waals surface area contributed by atoms with Crippen molar-refractivity contribution < 1.29 is 27.2 Å². The van der Waals surface area contributed by atoms with E-state index in [0.717, 1.165) is 21.8 Å². The number of aryl methyl sites for hydroxylation is 2. The first-order chi connectivity index (χ1) is 14.2. The third-order valence-electron chi connectivity index (χ3n) is 4.29. The van der Waals surface area contributed by atoms with Gasteiger partial charge in [0.25, 0.3) is 24.7 Å². The predicted molar refractivity (Wildman–Crippen MR) is 98.7 cm³/mol. The molecule has 2 amide bonds. The van der Waals surface area contributed by atoms with Gasteiger partial charge in [-0.05, 0) is 24.3 Å². The van der Waals surface area contributed by atoms with Crippen molar-refractivity contribution in [2.45, 2.75) is 12.9 Å². The van der Waals surface area contributed by atoms with Gasteiger partial charge in [0.1, 0.15) is 11.4 Å². The van der Waals surface area contributed by atoms with Crippen LogP contribution in [0.5, 0.6) is 0 Å². The number of aromatic nitrogens is 4. The number of hydrogen-bond acceptors (Lipinski definition) is 4.